The Kier molecular flexibility index (Phi) is 10.0. The Morgan fingerprint density at radius 2 is 1.60 bits per heavy atom. The van der Waals surface area contributed by atoms with Crippen molar-refractivity contribution in [1.29, 1.82) is 0 Å². The number of benzene rings is 3. The van der Waals surface area contributed by atoms with E-state index in [0.717, 1.165) is 15.4 Å². The predicted molar refractivity (Wildman–Crippen MR) is 161 cm³/mol. The molecule has 0 bridgehead atoms. The fourth-order valence-corrected chi connectivity index (χ4v) is 6.07. The van der Waals surface area contributed by atoms with Gasteiger partial charge in [-0.05, 0) is 82.5 Å². The van der Waals surface area contributed by atoms with Gasteiger partial charge in [-0.2, -0.15) is 0 Å². The molecule has 1 unspecified atom stereocenters. The molecule has 3 aromatic carbocycles. The minimum Gasteiger partial charge on any atom is -0.350 e. The molecule has 214 valence electrons. The lowest BCUT2D eigenvalue weighted by atomic mass is 10.0. The van der Waals surface area contributed by atoms with E-state index in [0.29, 0.717) is 22.7 Å². The Morgan fingerprint density at radius 3 is 2.17 bits per heavy atom. The van der Waals surface area contributed by atoms with Crippen LogP contribution in [-0.2, 0) is 26.2 Å². The topological polar surface area (TPSA) is 86.8 Å². The van der Waals surface area contributed by atoms with E-state index in [1.54, 1.807) is 25.1 Å². The lowest BCUT2D eigenvalue weighted by molar-refractivity contribution is -0.141. The molecular weight excluding hydrogens is 546 g/mol. The number of para-hydroxylation sites is 1. The molecule has 7 nitrogen and oxygen atoms in total. The number of carbonyl (C=O) groups excluding carboxylic acids is 2. The molecule has 9 heteroatoms. The first-order chi connectivity index (χ1) is 18.7. The van der Waals surface area contributed by atoms with Gasteiger partial charge in [-0.15, -0.1) is 0 Å². The average molecular weight is 584 g/mol. The highest BCUT2D eigenvalue weighted by Crippen LogP contribution is 2.28. The van der Waals surface area contributed by atoms with E-state index in [4.69, 9.17) is 11.6 Å². The summed E-state index contributed by atoms with van der Waals surface area (Å²) in [4.78, 5) is 29.0. The van der Waals surface area contributed by atoms with Crippen LogP contribution in [0.3, 0.4) is 0 Å². The minimum absolute atomic E-state index is 0.00991. The van der Waals surface area contributed by atoms with E-state index in [1.165, 1.54) is 29.2 Å². The quantitative estimate of drug-likeness (QED) is 0.323. The van der Waals surface area contributed by atoms with Gasteiger partial charge in [0.05, 0.1) is 10.6 Å². The van der Waals surface area contributed by atoms with E-state index in [-0.39, 0.29) is 17.3 Å². The van der Waals surface area contributed by atoms with Crippen LogP contribution in [-0.4, -0.2) is 43.3 Å². The largest absolute Gasteiger partial charge is 0.350 e. The standard InChI is InChI=1S/C31H38ClN3O4S/c1-7-27(30(37)33-31(4,5)6)34(20-24-13-10-11-22(2)19-24)29(36)21-35(28-14-9-8-12-23(28)3)40(38,39)26-17-15-25(32)16-18-26/h8-19,27H,7,20-21H2,1-6H3,(H,33,37). The number of anilines is 1. The number of rotatable bonds is 10. The molecule has 0 radical (unpaired) electrons. The van der Waals surface area contributed by atoms with Gasteiger partial charge in [0.1, 0.15) is 12.6 Å². The maximum atomic E-state index is 14.1. The van der Waals surface area contributed by atoms with Crippen molar-refractivity contribution in [2.75, 3.05) is 10.8 Å². The van der Waals surface area contributed by atoms with Crippen molar-refractivity contribution in [3.63, 3.8) is 0 Å². The highest BCUT2D eigenvalue weighted by molar-refractivity contribution is 7.92. The van der Waals surface area contributed by atoms with Gasteiger partial charge in [0.15, 0.2) is 0 Å². The third-order valence-corrected chi connectivity index (χ3v) is 8.41. The summed E-state index contributed by atoms with van der Waals surface area (Å²) < 4.78 is 29.0. The summed E-state index contributed by atoms with van der Waals surface area (Å²) in [6.45, 7) is 10.9. The first kappa shape index (κ1) is 31.2. The number of amides is 2. The number of sulfonamides is 1. The van der Waals surface area contributed by atoms with Gasteiger partial charge < -0.3 is 10.2 Å². The van der Waals surface area contributed by atoms with Crippen LogP contribution in [0.5, 0.6) is 0 Å². The lowest BCUT2D eigenvalue weighted by Crippen LogP contribution is -2.55. The Morgan fingerprint density at radius 1 is 0.950 bits per heavy atom. The fraction of sp³-hybridized carbons (Fsp3) is 0.355. The van der Waals surface area contributed by atoms with E-state index in [1.807, 2.05) is 65.0 Å². The third kappa shape index (κ3) is 7.86. The molecule has 40 heavy (non-hydrogen) atoms. The molecule has 3 rings (SSSR count). The lowest BCUT2D eigenvalue weighted by Gasteiger charge is -2.35. The zero-order chi connectivity index (χ0) is 29.7. The first-order valence-corrected chi connectivity index (χ1v) is 15.1. The molecule has 3 aromatic rings. The molecule has 0 spiro atoms. The van der Waals surface area contributed by atoms with Crippen LogP contribution >= 0.6 is 11.6 Å². The molecule has 0 aliphatic heterocycles. The van der Waals surface area contributed by atoms with Crippen LogP contribution in [0, 0.1) is 13.8 Å². The molecule has 2 amide bonds. The smallest absolute Gasteiger partial charge is 0.264 e. The first-order valence-electron chi connectivity index (χ1n) is 13.2. The molecule has 1 atom stereocenters. The summed E-state index contributed by atoms with van der Waals surface area (Å²) in [5.74, 6) is -0.780. The summed E-state index contributed by atoms with van der Waals surface area (Å²) in [7, 11) is -4.16. The van der Waals surface area contributed by atoms with Crippen molar-refractivity contribution in [1.82, 2.24) is 10.2 Å². The fourth-order valence-electron chi connectivity index (χ4n) is 4.47. The van der Waals surface area contributed by atoms with Crippen LogP contribution in [0.25, 0.3) is 0 Å². The second-order valence-electron chi connectivity index (χ2n) is 10.9. The monoisotopic (exact) mass is 583 g/mol. The van der Waals surface area contributed by atoms with E-state index in [9.17, 15) is 18.0 Å². The molecule has 0 aromatic heterocycles. The van der Waals surface area contributed by atoms with Crippen molar-refractivity contribution in [2.24, 2.45) is 0 Å². The summed E-state index contributed by atoms with van der Waals surface area (Å²) >= 11 is 6.02. The minimum atomic E-state index is -4.16. The molecule has 0 saturated carbocycles. The molecule has 1 N–H and O–H groups in total. The summed E-state index contributed by atoms with van der Waals surface area (Å²) in [6, 6.07) is 19.7. The van der Waals surface area contributed by atoms with E-state index in [2.05, 4.69) is 5.32 Å². The van der Waals surface area contributed by atoms with Crippen molar-refractivity contribution in [3.8, 4) is 0 Å². The summed E-state index contributed by atoms with van der Waals surface area (Å²) in [6.07, 6.45) is 0.355. The van der Waals surface area contributed by atoms with Gasteiger partial charge in [-0.3, -0.25) is 13.9 Å². The highest BCUT2D eigenvalue weighted by Gasteiger charge is 2.35. The van der Waals surface area contributed by atoms with Gasteiger partial charge in [-0.1, -0.05) is 66.6 Å². The van der Waals surface area contributed by atoms with Crippen molar-refractivity contribution in [2.45, 2.75) is 71.0 Å². The number of hydrogen-bond donors (Lipinski definition) is 1. The van der Waals surface area contributed by atoms with Gasteiger partial charge >= 0.3 is 0 Å². The van der Waals surface area contributed by atoms with E-state index >= 15 is 0 Å². The molecule has 0 aliphatic rings. The maximum absolute atomic E-state index is 14.1. The van der Waals surface area contributed by atoms with E-state index < -0.39 is 34.1 Å². The number of hydrogen-bond acceptors (Lipinski definition) is 4. The second-order valence-corrected chi connectivity index (χ2v) is 13.2. The number of carbonyl (C=O) groups is 2. The van der Waals surface area contributed by atoms with Crippen LogP contribution in [0.15, 0.2) is 77.7 Å². The average Bonchev–Trinajstić information content (AvgIpc) is 2.86. The van der Waals surface area contributed by atoms with Gasteiger partial charge in [0.2, 0.25) is 11.8 Å². The Balaban J connectivity index is 2.09. The van der Waals surface area contributed by atoms with Crippen molar-refractivity contribution < 1.29 is 18.0 Å². The van der Waals surface area contributed by atoms with Gasteiger partial charge in [0, 0.05) is 17.1 Å². The van der Waals surface area contributed by atoms with Gasteiger partial charge in [-0.25, -0.2) is 8.42 Å². The molecule has 0 fully saturated rings. The van der Waals surface area contributed by atoms with Crippen molar-refractivity contribution in [3.05, 3.63) is 94.5 Å². The van der Waals surface area contributed by atoms with Crippen LogP contribution in [0.1, 0.15) is 50.8 Å². The van der Waals surface area contributed by atoms with Crippen molar-refractivity contribution >= 4 is 39.1 Å². The highest BCUT2D eigenvalue weighted by atomic mass is 35.5. The third-order valence-electron chi connectivity index (χ3n) is 6.38. The van der Waals surface area contributed by atoms with Gasteiger partial charge in [0.25, 0.3) is 10.0 Å². The maximum Gasteiger partial charge on any atom is 0.264 e. The summed E-state index contributed by atoms with van der Waals surface area (Å²) in [5.41, 5.74) is 2.43. The Bertz CT molecular complexity index is 1450. The summed E-state index contributed by atoms with van der Waals surface area (Å²) in [5, 5.41) is 3.38. The zero-order valence-electron chi connectivity index (χ0n) is 23.9. The number of nitrogens with zero attached hydrogens (tertiary/aromatic N) is 2. The SMILES string of the molecule is CCC(C(=O)NC(C)(C)C)N(Cc1cccc(C)c1)C(=O)CN(c1ccccc1C)S(=O)(=O)c1ccc(Cl)cc1. The Hall–Kier alpha value is -3.36. The Labute approximate surface area is 243 Å². The molecule has 0 saturated heterocycles. The van der Waals surface area contributed by atoms with Crippen LogP contribution in [0.2, 0.25) is 5.02 Å². The molecule has 0 heterocycles. The number of nitrogens with one attached hydrogen (secondary N) is 1. The molecule has 0 aliphatic carbocycles. The zero-order valence-corrected chi connectivity index (χ0v) is 25.5. The second kappa shape index (κ2) is 12.9. The van der Waals surface area contributed by atoms with Crippen LogP contribution in [0.4, 0.5) is 5.69 Å². The molecular formula is C31H38ClN3O4S. The normalized spacial score (nSPS) is 12.5. The number of halogens is 1. The van der Waals surface area contributed by atoms with Crippen LogP contribution < -0.4 is 9.62 Å². The predicted octanol–water partition coefficient (Wildman–Crippen LogP) is 5.87. The number of aryl methyl sites for hydroxylation is 2.